The molecule has 0 heterocycles. The van der Waals surface area contributed by atoms with Gasteiger partial charge in [-0.25, -0.2) is 14.4 Å². The summed E-state index contributed by atoms with van der Waals surface area (Å²) in [6.07, 6.45) is 0. The topological polar surface area (TPSA) is 127 Å². The summed E-state index contributed by atoms with van der Waals surface area (Å²) in [5, 5.41) is 2.17. The van der Waals surface area contributed by atoms with E-state index in [1.807, 2.05) is 0 Å². The number of rotatable bonds is 8. The van der Waals surface area contributed by atoms with Gasteiger partial charge in [-0.1, -0.05) is 0 Å². The predicted octanol–water partition coefficient (Wildman–Crippen LogP) is -0.220. The Hall–Kier alpha value is -1.37. The Balaban J connectivity index is 4.63. The Morgan fingerprint density at radius 3 is 2.28 bits per heavy atom. The first-order valence-electron chi connectivity index (χ1n) is 4.83. The molecule has 0 aromatic rings. The lowest BCUT2D eigenvalue weighted by Crippen LogP contribution is -2.34. The summed E-state index contributed by atoms with van der Waals surface area (Å²) in [7, 11) is -1.35. The molecule has 18 heavy (non-hydrogen) atoms. The second-order valence-corrected chi connectivity index (χ2v) is 4.83. The van der Waals surface area contributed by atoms with Crippen LogP contribution in [0.4, 0.5) is 0 Å². The van der Waals surface area contributed by atoms with Crippen LogP contribution in [0.25, 0.3) is 5.53 Å². The highest BCUT2D eigenvalue weighted by atomic mass is 31.2. The van der Waals surface area contributed by atoms with Gasteiger partial charge in [-0.3, -0.25) is 4.79 Å². The molecule has 0 radical (unpaired) electrons. The van der Waals surface area contributed by atoms with Crippen LogP contribution in [-0.4, -0.2) is 49.6 Å². The number of ketones is 1. The molecular weight excluding hydrogens is 265 g/mol. The summed E-state index contributed by atoms with van der Waals surface area (Å²) in [6.45, 7) is 0.976. The van der Waals surface area contributed by atoms with Crippen LogP contribution in [-0.2, 0) is 27.9 Å². The van der Waals surface area contributed by atoms with E-state index in [-0.39, 0.29) is 6.61 Å². The van der Waals surface area contributed by atoms with Crippen molar-refractivity contribution >= 4 is 25.2 Å². The number of nitrogens with one attached hydrogen (secondary N) is 1. The van der Waals surface area contributed by atoms with E-state index in [9.17, 15) is 14.2 Å². The van der Waals surface area contributed by atoms with E-state index in [4.69, 9.17) is 5.53 Å². The molecule has 0 aliphatic heterocycles. The highest BCUT2D eigenvalue weighted by Gasteiger charge is 2.33. The number of esters is 1. The molecule has 0 saturated heterocycles. The van der Waals surface area contributed by atoms with Crippen molar-refractivity contribution in [1.82, 2.24) is 5.09 Å². The van der Waals surface area contributed by atoms with E-state index < -0.39 is 31.8 Å². The standard InChI is InChI=1S/C8H14N3O6P/c1-4-17-8(13)7(11-9)6(12)5-10-18(14,15-2)16-3/h4-5H2,1-3H3,(H,10,14). The second kappa shape index (κ2) is 7.86. The molecule has 10 heteroatoms. The van der Waals surface area contributed by atoms with Crippen LogP contribution in [0, 0.1) is 0 Å². The van der Waals surface area contributed by atoms with Gasteiger partial charge >= 0.3 is 19.4 Å². The molecule has 0 aliphatic carbocycles. The maximum atomic E-state index is 11.5. The zero-order valence-corrected chi connectivity index (χ0v) is 11.1. The van der Waals surface area contributed by atoms with Crippen molar-refractivity contribution in [2.75, 3.05) is 27.4 Å². The van der Waals surface area contributed by atoms with Crippen molar-refractivity contribution in [2.45, 2.75) is 6.92 Å². The predicted molar refractivity (Wildman–Crippen MR) is 59.9 cm³/mol. The first-order valence-corrected chi connectivity index (χ1v) is 6.37. The van der Waals surface area contributed by atoms with Gasteiger partial charge in [0.2, 0.25) is 0 Å². The Labute approximate surface area is 104 Å². The zero-order valence-electron chi connectivity index (χ0n) is 10.2. The van der Waals surface area contributed by atoms with Crippen molar-refractivity contribution in [1.29, 1.82) is 0 Å². The van der Waals surface area contributed by atoms with E-state index in [1.54, 1.807) is 0 Å². The molecule has 0 saturated carbocycles. The van der Waals surface area contributed by atoms with Crippen LogP contribution >= 0.6 is 7.75 Å². The van der Waals surface area contributed by atoms with Crippen LogP contribution in [0.1, 0.15) is 6.92 Å². The van der Waals surface area contributed by atoms with Gasteiger partial charge in [0.05, 0.1) is 13.2 Å². The van der Waals surface area contributed by atoms with Crippen molar-refractivity contribution in [3.8, 4) is 0 Å². The maximum absolute atomic E-state index is 11.5. The summed E-state index contributed by atoms with van der Waals surface area (Å²) in [5.41, 5.74) is 7.74. The first-order chi connectivity index (χ1) is 8.44. The first kappa shape index (κ1) is 16.6. The van der Waals surface area contributed by atoms with Gasteiger partial charge < -0.3 is 19.3 Å². The zero-order chi connectivity index (χ0) is 14.2. The Morgan fingerprint density at radius 2 is 1.89 bits per heavy atom. The minimum Gasteiger partial charge on any atom is -0.457 e. The third-order valence-corrected chi connectivity index (χ3v) is 3.25. The number of carbonyl (C=O) groups excluding carboxylic acids is 2. The monoisotopic (exact) mass is 279 g/mol. The molecule has 0 fully saturated rings. The molecule has 0 rings (SSSR count). The molecule has 9 nitrogen and oxygen atoms in total. The molecule has 102 valence electrons. The van der Waals surface area contributed by atoms with E-state index in [2.05, 4.69) is 23.7 Å². The molecule has 0 unspecified atom stereocenters. The lowest BCUT2D eigenvalue weighted by Gasteiger charge is -2.12. The smallest absolute Gasteiger partial charge is 0.442 e. The van der Waals surface area contributed by atoms with Crippen LogP contribution in [0.15, 0.2) is 0 Å². The minimum absolute atomic E-state index is 0.0210. The van der Waals surface area contributed by atoms with Gasteiger partial charge in [0, 0.05) is 14.2 Å². The van der Waals surface area contributed by atoms with Crippen molar-refractivity contribution < 1.29 is 32.7 Å². The fraction of sp³-hybridized carbons (Fsp3) is 0.625. The molecule has 0 bridgehead atoms. The average molecular weight is 279 g/mol. The lowest BCUT2D eigenvalue weighted by molar-refractivity contribution is -0.141. The molecule has 0 aliphatic rings. The normalized spacial score (nSPS) is 10.6. The molecular formula is C8H14N3O6P. The fourth-order valence-electron chi connectivity index (χ4n) is 0.866. The van der Waals surface area contributed by atoms with Crippen LogP contribution < -0.4 is 5.09 Å². The van der Waals surface area contributed by atoms with Gasteiger partial charge in [-0.2, -0.15) is 4.79 Å². The third kappa shape index (κ3) is 4.87. The molecule has 1 N–H and O–H groups in total. The van der Waals surface area contributed by atoms with Crippen LogP contribution in [0.5, 0.6) is 0 Å². The lowest BCUT2D eigenvalue weighted by atomic mass is 10.2. The van der Waals surface area contributed by atoms with Crippen LogP contribution in [0.3, 0.4) is 0 Å². The maximum Gasteiger partial charge on any atom is 0.442 e. The van der Waals surface area contributed by atoms with Gasteiger partial charge in [0.1, 0.15) is 0 Å². The number of hydrogen-bond acceptors (Lipinski definition) is 6. The summed E-state index contributed by atoms with van der Waals surface area (Å²) in [6, 6.07) is 0. The van der Waals surface area contributed by atoms with Crippen molar-refractivity contribution in [2.24, 2.45) is 0 Å². The Morgan fingerprint density at radius 1 is 1.33 bits per heavy atom. The average Bonchev–Trinajstić information content (AvgIpc) is 2.37. The van der Waals surface area contributed by atoms with Gasteiger partial charge in [0.15, 0.2) is 0 Å². The highest BCUT2D eigenvalue weighted by molar-refractivity contribution is 7.51. The fourth-order valence-corrected chi connectivity index (χ4v) is 1.61. The number of nitrogens with zero attached hydrogens (tertiary/aromatic N) is 2. The van der Waals surface area contributed by atoms with Gasteiger partial charge in [0.25, 0.3) is 5.78 Å². The SMILES string of the molecule is CCOC(=O)C(=[N+]=[N-])C(=O)CNP(=O)(OC)OC. The Bertz CT molecular complexity index is 409. The Kier molecular flexibility index (Phi) is 7.26. The summed E-state index contributed by atoms with van der Waals surface area (Å²) in [5.74, 6) is -1.98. The highest BCUT2D eigenvalue weighted by Crippen LogP contribution is 2.40. The summed E-state index contributed by atoms with van der Waals surface area (Å²) >= 11 is 0. The molecule has 0 aromatic heterocycles. The molecule has 0 aromatic carbocycles. The summed E-state index contributed by atoms with van der Waals surface area (Å²) < 4.78 is 25.0. The largest absolute Gasteiger partial charge is 0.457 e. The third-order valence-electron chi connectivity index (χ3n) is 1.75. The number of carbonyl (C=O) groups is 2. The van der Waals surface area contributed by atoms with Gasteiger partial charge in [-0.15, -0.1) is 0 Å². The molecule has 0 atom stereocenters. The minimum atomic E-state index is -3.59. The number of hydrogen-bond donors (Lipinski definition) is 1. The van der Waals surface area contributed by atoms with E-state index >= 15 is 0 Å². The van der Waals surface area contributed by atoms with Crippen molar-refractivity contribution in [3.63, 3.8) is 0 Å². The quantitative estimate of drug-likeness (QED) is 0.162. The molecule has 0 amide bonds. The van der Waals surface area contributed by atoms with Crippen molar-refractivity contribution in [3.05, 3.63) is 5.53 Å². The number of ether oxygens (including phenoxy) is 1. The van der Waals surface area contributed by atoms with E-state index in [1.165, 1.54) is 6.92 Å². The second-order valence-electron chi connectivity index (χ2n) is 2.79. The van der Waals surface area contributed by atoms with E-state index in [0.29, 0.717) is 0 Å². The summed E-state index contributed by atoms with van der Waals surface area (Å²) in [4.78, 5) is 25.2. The van der Waals surface area contributed by atoms with Gasteiger partial charge in [-0.05, 0) is 6.92 Å². The van der Waals surface area contributed by atoms with Crippen LogP contribution in [0.2, 0.25) is 0 Å². The molecule has 0 spiro atoms. The number of Topliss-reactive ketones (excluding diaryl/α,β-unsaturated/α-hetero) is 1. The van der Waals surface area contributed by atoms with E-state index in [0.717, 1.165) is 14.2 Å².